The van der Waals surface area contributed by atoms with Crippen molar-refractivity contribution in [2.45, 2.75) is 56.3 Å². The zero-order valence-electron chi connectivity index (χ0n) is 22.0. The number of H-pyrrole nitrogens is 1. The first-order valence-corrected chi connectivity index (χ1v) is 15.4. The monoisotopic (exact) mass is 651 g/mol. The third kappa shape index (κ3) is 6.78. The van der Waals surface area contributed by atoms with Crippen LogP contribution in [0.4, 0.5) is 5.82 Å². The molecule has 1 unspecified atom stereocenters. The lowest BCUT2D eigenvalue weighted by Gasteiger charge is -2.24. The molecule has 5 rings (SSSR count). The van der Waals surface area contributed by atoms with Gasteiger partial charge in [0.15, 0.2) is 17.7 Å². The van der Waals surface area contributed by atoms with E-state index in [0.29, 0.717) is 0 Å². The molecule has 2 aliphatic rings. The van der Waals surface area contributed by atoms with Crippen molar-refractivity contribution in [2.24, 2.45) is 0 Å². The Morgan fingerprint density at radius 3 is 2.51 bits per heavy atom. The number of aryl methyl sites for hydroxylation is 1. The van der Waals surface area contributed by atoms with Crippen LogP contribution in [0.15, 0.2) is 28.4 Å². The van der Waals surface area contributed by atoms with Crippen molar-refractivity contribution >= 4 is 32.6 Å². The molecule has 2 fully saturated rings. The number of imidazole rings is 1. The second kappa shape index (κ2) is 11.9. The maximum Gasteiger partial charge on any atom is 0.472 e. The smallest absolute Gasteiger partial charge is 0.390 e. The van der Waals surface area contributed by atoms with E-state index in [9.17, 15) is 33.8 Å². The molecule has 0 aromatic carbocycles. The Morgan fingerprint density at radius 2 is 1.79 bits per heavy atom. The van der Waals surface area contributed by atoms with E-state index in [-0.39, 0.29) is 29.0 Å². The van der Waals surface area contributed by atoms with Gasteiger partial charge in [-0.15, -0.1) is 0 Å². The average Bonchev–Trinajstić information content (AvgIpc) is 3.59. The SMILES string of the molecule is Cc1cn([C@H]2C[C@H](O)[C@@H](COP(=O)(O)O[C@H]3[C@@H](O)[C@H](n4cnc5c(N)ncnc54)O[C@@H]3COP(=O)(O)O)O2)c(=O)[nH]c1=O. The van der Waals surface area contributed by atoms with E-state index < -0.39 is 83.1 Å². The molecule has 3 aromatic heterocycles. The topological polar surface area (TPSA) is 306 Å². The minimum absolute atomic E-state index is 0.0119. The molecule has 21 nitrogen and oxygen atoms in total. The second-order valence-corrected chi connectivity index (χ2v) is 12.3. The molecule has 2 aliphatic heterocycles. The fourth-order valence-corrected chi connectivity index (χ4v) is 5.93. The molecule has 8 atom stereocenters. The quantitative estimate of drug-likeness (QED) is 0.114. The van der Waals surface area contributed by atoms with Crippen LogP contribution in [0.5, 0.6) is 0 Å². The lowest BCUT2D eigenvalue weighted by atomic mass is 10.1. The summed E-state index contributed by atoms with van der Waals surface area (Å²) in [5, 5.41) is 21.4. The van der Waals surface area contributed by atoms with Gasteiger partial charge in [-0.1, -0.05) is 0 Å². The third-order valence-corrected chi connectivity index (χ3v) is 8.17. The van der Waals surface area contributed by atoms with Gasteiger partial charge >= 0.3 is 21.3 Å². The number of aliphatic hydroxyl groups is 2. The number of hydrogen-bond donors (Lipinski definition) is 7. The summed E-state index contributed by atoms with van der Waals surface area (Å²) in [7, 11) is -10.1. The van der Waals surface area contributed by atoms with Gasteiger partial charge in [0, 0.05) is 18.2 Å². The van der Waals surface area contributed by atoms with Crippen LogP contribution in [-0.2, 0) is 32.2 Å². The molecule has 0 amide bonds. The Bertz CT molecular complexity index is 1710. The van der Waals surface area contributed by atoms with Gasteiger partial charge in [-0.05, 0) is 6.92 Å². The number of anilines is 1. The summed E-state index contributed by atoms with van der Waals surface area (Å²) in [6.45, 7) is -0.143. The largest absolute Gasteiger partial charge is 0.472 e. The van der Waals surface area contributed by atoms with Crippen molar-refractivity contribution in [3.8, 4) is 0 Å². The molecule has 5 heterocycles. The highest BCUT2D eigenvalue weighted by atomic mass is 31.2. The van der Waals surface area contributed by atoms with Gasteiger partial charge < -0.3 is 40.1 Å². The van der Waals surface area contributed by atoms with Crippen LogP contribution in [0, 0.1) is 6.92 Å². The molecule has 8 N–H and O–H groups in total. The van der Waals surface area contributed by atoms with Crippen molar-refractivity contribution < 1.29 is 57.1 Å². The first kappa shape index (κ1) is 31.5. The summed E-state index contributed by atoms with van der Waals surface area (Å²) in [4.78, 5) is 66.6. The van der Waals surface area contributed by atoms with E-state index >= 15 is 0 Å². The Balaban J connectivity index is 1.30. The molecule has 0 spiro atoms. The number of nitrogens with zero attached hydrogens (tertiary/aromatic N) is 5. The first-order chi connectivity index (χ1) is 20.1. The van der Waals surface area contributed by atoms with Crippen LogP contribution in [-0.4, -0.2) is 97.7 Å². The summed E-state index contributed by atoms with van der Waals surface area (Å²) in [5.74, 6) is 0.0119. The fraction of sp³-hybridized carbons (Fsp3) is 0.550. The molecule has 0 aliphatic carbocycles. The van der Waals surface area contributed by atoms with Crippen LogP contribution in [0.25, 0.3) is 11.2 Å². The Labute approximate surface area is 239 Å². The number of fused-ring (bicyclic) bond motifs is 1. The number of hydrogen-bond acceptors (Lipinski definition) is 15. The molecular weight excluding hydrogens is 624 g/mol. The number of ether oxygens (including phenoxy) is 2. The predicted octanol–water partition coefficient (Wildman–Crippen LogP) is -2.21. The summed E-state index contributed by atoms with van der Waals surface area (Å²) >= 11 is 0. The number of phosphoric ester groups is 2. The Hall–Kier alpha value is -2.91. The zero-order chi connectivity index (χ0) is 31.3. The molecule has 23 heteroatoms. The lowest BCUT2D eigenvalue weighted by molar-refractivity contribution is -0.0563. The number of nitrogen functional groups attached to an aromatic ring is 1. The average molecular weight is 651 g/mol. The first-order valence-electron chi connectivity index (χ1n) is 12.4. The van der Waals surface area contributed by atoms with Gasteiger partial charge in [-0.2, -0.15) is 0 Å². The van der Waals surface area contributed by atoms with Crippen LogP contribution >= 0.6 is 15.6 Å². The predicted molar refractivity (Wildman–Crippen MR) is 139 cm³/mol. The highest BCUT2D eigenvalue weighted by Gasteiger charge is 2.50. The highest BCUT2D eigenvalue weighted by molar-refractivity contribution is 7.47. The Morgan fingerprint density at radius 1 is 1.07 bits per heavy atom. The summed E-state index contributed by atoms with van der Waals surface area (Å²) < 4.78 is 52.4. The molecule has 43 heavy (non-hydrogen) atoms. The van der Waals surface area contributed by atoms with Crippen molar-refractivity contribution in [2.75, 3.05) is 18.9 Å². The van der Waals surface area contributed by atoms with E-state index in [2.05, 4.69) is 24.5 Å². The van der Waals surface area contributed by atoms with Gasteiger partial charge in [0.05, 0.1) is 25.6 Å². The number of nitrogens with two attached hydrogens (primary N) is 1. The van der Waals surface area contributed by atoms with Gasteiger partial charge in [-0.25, -0.2) is 28.9 Å². The van der Waals surface area contributed by atoms with E-state index in [1.54, 1.807) is 0 Å². The van der Waals surface area contributed by atoms with Gasteiger partial charge in [0.2, 0.25) is 0 Å². The minimum atomic E-state index is -5.10. The standard InChI is InChI=1S/C20H27N7O14P2/c1-8-3-26(20(31)25-18(8)30)12-2-9(28)10(39-12)4-38-43(35,36)41-15-11(5-37-42(32,33)34)40-19(14(15)29)27-7-24-13-16(21)22-6-23-17(13)27/h3,6-7,9-12,14-15,19,28-29H,2,4-5H2,1H3,(H,35,36)(H2,21,22,23)(H,25,30,31)(H2,32,33,34)/t9-,10+,11+,12+,14+,15+,19+/m0/s1. The van der Waals surface area contributed by atoms with Gasteiger partial charge in [0.1, 0.15) is 42.5 Å². The van der Waals surface area contributed by atoms with Crippen molar-refractivity contribution in [1.29, 1.82) is 0 Å². The molecule has 0 bridgehead atoms. The van der Waals surface area contributed by atoms with E-state index in [1.165, 1.54) is 24.0 Å². The lowest BCUT2D eigenvalue weighted by Crippen LogP contribution is -2.36. The van der Waals surface area contributed by atoms with E-state index in [4.69, 9.17) is 34.0 Å². The van der Waals surface area contributed by atoms with Gasteiger partial charge in [0.25, 0.3) is 5.56 Å². The number of aliphatic hydroxyl groups excluding tert-OH is 2. The normalized spacial score (nSPS) is 29.3. The van der Waals surface area contributed by atoms with E-state index in [1.807, 2.05) is 0 Å². The maximum absolute atomic E-state index is 12.9. The number of rotatable bonds is 10. The molecule has 0 radical (unpaired) electrons. The number of aromatic nitrogens is 6. The minimum Gasteiger partial charge on any atom is -0.390 e. The van der Waals surface area contributed by atoms with Crippen molar-refractivity contribution in [1.82, 2.24) is 29.1 Å². The fourth-order valence-electron chi connectivity index (χ4n) is 4.63. The van der Waals surface area contributed by atoms with Crippen LogP contribution in [0.1, 0.15) is 24.4 Å². The zero-order valence-corrected chi connectivity index (χ0v) is 23.8. The van der Waals surface area contributed by atoms with Crippen molar-refractivity contribution in [3.05, 3.63) is 45.3 Å². The summed E-state index contributed by atoms with van der Waals surface area (Å²) in [6.07, 6.45) is -6.55. The number of nitrogens with one attached hydrogen (secondary N) is 1. The summed E-state index contributed by atoms with van der Waals surface area (Å²) in [6, 6.07) is 0. The Kier molecular flexibility index (Phi) is 8.71. The number of phosphoric acid groups is 2. The molecular formula is C20H27N7O14P2. The van der Waals surface area contributed by atoms with E-state index in [0.717, 1.165) is 10.9 Å². The molecule has 3 aromatic rings. The van der Waals surface area contributed by atoms with Crippen molar-refractivity contribution in [3.63, 3.8) is 0 Å². The maximum atomic E-state index is 12.9. The van der Waals surface area contributed by atoms with Crippen LogP contribution < -0.4 is 17.0 Å². The van der Waals surface area contributed by atoms with Crippen LogP contribution in [0.2, 0.25) is 0 Å². The molecule has 2 saturated heterocycles. The molecule has 236 valence electrons. The van der Waals surface area contributed by atoms with Crippen LogP contribution in [0.3, 0.4) is 0 Å². The third-order valence-electron chi connectivity index (χ3n) is 6.69. The molecule has 0 saturated carbocycles. The van der Waals surface area contributed by atoms with Gasteiger partial charge in [-0.3, -0.25) is 32.5 Å². The second-order valence-electron chi connectivity index (χ2n) is 9.67. The number of aromatic amines is 1. The highest BCUT2D eigenvalue weighted by Crippen LogP contribution is 2.50. The summed E-state index contributed by atoms with van der Waals surface area (Å²) in [5.41, 5.74) is 4.86.